The predicted molar refractivity (Wildman–Crippen MR) is 142 cm³/mol. The van der Waals surface area contributed by atoms with Crippen LogP contribution in [-0.4, -0.2) is 36.4 Å². The van der Waals surface area contributed by atoms with Gasteiger partial charge in [0.25, 0.3) is 5.91 Å². The van der Waals surface area contributed by atoms with Crippen molar-refractivity contribution in [2.75, 3.05) is 13.7 Å². The van der Waals surface area contributed by atoms with E-state index in [2.05, 4.69) is 16.3 Å². The molecule has 36 heavy (non-hydrogen) atoms. The average molecular weight is 487 g/mol. The highest BCUT2D eigenvalue weighted by Crippen LogP contribution is 2.46. The molecule has 0 radical (unpaired) electrons. The summed E-state index contributed by atoms with van der Waals surface area (Å²) in [5, 5.41) is 3.26. The number of hydrogen-bond donors (Lipinski definition) is 1. The summed E-state index contributed by atoms with van der Waals surface area (Å²) in [5.41, 5.74) is 3.95. The van der Waals surface area contributed by atoms with Crippen molar-refractivity contribution in [1.29, 1.82) is 0 Å². The van der Waals surface area contributed by atoms with E-state index in [9.17, 15) is 9.59 Å². The molecular formula is C31H38N2O3. The van der Waals surface area contributed by atoms with Gasteiger partial charge in [0.1, 0.15) is 5.75 Å². The van der Waals surface area contributed by atoms with Crippen molar-refractivity contribution in [3.63, 3.8) is 0 Å². The topological polar surface area (TPSA) is 58.6 Å². The molecule has 1 fully saturated rings. The van der Waals surface area contributed by atoms with Crippen LogP contribution in [0.2, 0.25) is 0 Å². The Balaban J connectivity index is 1.51. The largest absolute Gasteiger partial charge is 0.497 e. The van der Waals surface area contributed by atoms with Crippen molar-refractivity contribution in [1.82, 2.24) is 10.2 Å². The monoisotopic (exact) mass is 486 g/mol. The Kier molecular flexibility index (Phi) is 7.74. The number of nitrogens with zero attached hydrogens (tertiary/aromatic N) is 1. The number of methoxy groups -OCH3 is 1. The molecule has 3 aliphatic rings. The minimum absolute atomic E-state index is 0.00740. The van der Waals surface area contributed by atoms with E-state index in [1.54, 1.807) is 7.11 Å². The lowest BCUT2D eigenvalue weighted by atomic mass is 9.77. The van der Waals surface area contributed by atoms with Gasteiger partial charge in [-0.15, -0.1) is 0 Å². The molecule has 5 nitrogen and oxygen atoms in total. The number of nitrogens with one attached hydrogen (secondary N) is 1. The first kappa shape index (κ1) is 24.6. The van der Waals surface area contributed by atoms with Gasteiger partial charge in [0.2, 0.25) is 5.91 Å². The Morgan fingerprint density at radius 2 is 1.78 bits per heavy atom. The number of carbonyl (C=O) groups excluding carboxylic acids is 2. The van der Waals surface area contributed by atoms with Gasteiger partial charge in [-0.25, -0.2) is 0 Å². The molecule has 0 spiro atoms. The molecule has 2 aromatic carbocycles. The van der Waals surface area contributed by atoms with Crippen LogP contribution < -0.4 is 10.1 Å². The number of amides is 2. The second-order valence-corrected chi connectivity index (χ2v) is 10.4. The van der Waals surface area contributed by atoms with Crippen LogP contribution in [0.3, 0.4) is 0 Å². The van der Waals surface area contributed by atoms with E-state index in [0.717, 1.165) is 61.8 Å². The third-order valence-electron chi connectivity index (χ3n) is 8.21. The SMILES string of the molecule is COc1ccc([C@H]2[C@H](C(=O)NCCC3=CCCCC3)c3ccccc3C(=O)N2C2CCCCC2)cc1. The first-order chi connectivity index (χ1) is 17.7. The summed E-state index contributed by atoms with van der Waals surface area (Å²) in [7, 11) is 1.65. The Morgan fingerprint density at radius 3 is 2.50 bits per heavy atom. The summed E-state index contributed by atoms with van der Waals surface area (Å²) in [4.78, 5) is 30.0. The predicted octanol–water partition coefficient (Wildman–Crippen LogP) is 6.32. The average Bonchev–Trinajstić information content (AvgIpc) is 2.94. The van der Waals surface area contributed by atoms with E-state index in [1.807, 2.05) is 48.5 Å². The van der Waals surface area contributed by atoms with Crippen LogP contribution in [0.15, 0.2) is 60.2 Å². The smallest absolute Gasteiger partial charge is 0.254 e. The molecule has 5 rings (SSSR count). The maximum absolute atomic E-state index is 14.0. The molecule has 190 valence electrons. The Morgan fingerprint density at radius 1 is 1.00 bits per heavy atom. The molecule has 0 saturated heterocycles. The third-order valence-corrected chi connectivity index (χ3v) is 8.21. The third kappa shape index (κ3) is 5.07. The van der Waals surface area contributed by atoms with Crippen molar-refractivity contribution in [2.24, 2.45) is 0 Å². The molecule has 1 heterocycles. The van der Waals surface area contributed by atoms with Crippen LogP contribution in [-0.2, 0) is 4.79 Å². The number of carbonyl (C=O) groups is 2. The van der Waals surface area contributed by atoms with Gasteiger partial charge >= 0.3 is 0 Å². The van der Waals surface area contributed by atoms with E-state index in [0.29, 0.717) is 12.1 Å². The van der Waals surface area contributed by atoms with E-state index in [1.165, 1.54) is 24.8 Å². The van der Waals surface area contributed by atoms with Gasteiger partial charge in [0.05, 0.1) is 19.1 Å². The molecule has 0 aromatic heterocycles. The van der Waals surface area contributed by atoms with Gasteiger partial charge in [-0.3, -0.25) is 9.59 Å². The van der Waals surface area contributed by atoms with Crippen molar-refractivity contribution >= 4 is 11.8 Å². The molecule has 0 unspecified atom stereocenters. The quantitative estimate of drug-likeness (QED) is 0.466. The van der Waals surface area contributed by atoms with Gasteiger partial charge in [-0.1, -0.05) is 61.2 Å². The highest BCUT2D eigenvalue weighted by Gasteiger charge is 2.46. The van der Waals surface area contributed by atoms with E-state index >= 15 is 0 Å². The van der Waals surface area contributed by atoms with Gasteiger partial charge < -0.3 is 15.0 Å². The summed E-state index contributed by atoms with van der Waals surface area (Å²) >= 11 is 0. The standard InChI is InChI=1S/C31H38N2O3/c1-36-25-18-16-23(17-19-25)29-28(30(34)32-21-20-22-10-4-2-5-11-22)26-14-8-9-15-27(26)31(35)33(29)24-12-6-3-7-13-24/h8-10,14-19,24,28-29H,2-7,11-13,20-21H2,1H3,(H,32,34)/t28-,29+/m1/s1. The first-order valence-corrected chi connectivity index (χ1v) is 13.7. The minimum atomic E-state index is -0.449. The number of benzene rings is 2. The van der Waals surface area contributed by atoms with Gasteiger partial charge in [-0.05, 0) is 74.3 Å². The summed E-state index contributed by atoms with van der Waals surface area (Å²) in [6, 6.07) is 15.4. The van der Waals surface area contributed by atoms with E-state index < -0.39 is 5.92 Å². The summed E-state index contributed by atoms with van der Waals surface area (Å²) < 4.78 is 5.40. The van der Waals surface area contributed by atoms with E-state index in [4.69, 9.17) is 4.74 Å². The number of hydrogen-bond acceptors (Lipinski definition) is 3. The number of ether oxygens (including phenoxy) is 1. The fraction of sp³-hybridized carbons (Fsp3) is 0.484. The van der Waals surface area contributed by atoms with Crippen LogP contribution in [0.4, 0.5) is 0 Å². The molecule has 2 amide bonds. The molecule has 1 N–H and O–H groups in total. The van der Waals surface area contributed by atoms with Crippen molar-refractivity contribution in [3.05, 3.63) is 76.9 Å². The molecular weight excluding hydrogens is 448 g/mol. The fourth-order valence-electron chi connectivity index (χ4n) is 6.34. The summed E-state index contributed by atoms with van der Waals surface area (Å²) in [5.74, 6) is 0.379. The highest BCUT2D eigenvalue weighted by atomic mass is 16.5. The molecule has 0 bridgehead atoms. The van der Waals surface area contributed by atoms with Crippen LogP contribution in [0.25, 0.3) is 0 Å². The van der Waals surface area contributed by atoms with Crippen LogP contribution in [0.1, 0.15) is 97.7 Å². The molecule has 2 aliphatic carbocycles. The molecule has 2 atom stereocenters. The van der Waals surface area contributed by atoms with Crippen molar-refractivity contribution in [2.45, 2.75) is 82.2 Å². The molecule has 5 heteroatoms. The lowest BCUT2D eigenvalue weighted by Gasteiger charge is -2.46. The molecule has 1 saturated carbocycles. The number of allylic oxidation sites excluding steroid dienone is 1. The van der Waals surface area contributed by atoms with Crippen LogP contribution in [0.5, 0.6) is 5.75 Å². The highest BCUT2D eigenvalue weighted by molar-refractivity contribution is 6.01. The zero-order chi connectivity index (χ0) is 24.9. The van der Waals surface area contributed by atoms with Gasteiger partial charge in [0, 0.05) is 18.2 Å². The number of rotatable bonds is 7. The van der Waals surface area contributed by atoms with Gasteiger partial charge in [0.15, 0.2) is 0 Å². The van der Waals surface area contributed by atoms with Crippen LogP contribution in [0, 0.1) is 0 Å². The second kappa shape index (κ2) is 11.3. The zero-order valence-electron chi connectivity index (χ0n) is 21.4. The Bertz CT molecular complexity index is 1100. The van der Waals surface area contributed by atoms with Crippen LogP contribution >= 0.6 is 0 Å². The molecule has 1 aliphatic heterocycles. The second-order valence-electron chi connectivity index (χ2n) is 10.4. The maximum Gasteiger partial charge on any atom is 0.254 e. The Hall–Kier alpha value is -3.08. The fourth-order valence-corrected chi connectivity index (χ4v) is 6.34. The lowest BCUT2D eigenvalue weighted by molar-refractivity contribution is -0.124. The minimum Gasteiger partial charge on any atom is -0.497 e. The zero-order valence-corrected chi connectivity index (χ0v) is 21.4. The summed E-state index contributed by atoms with van der Waals surface area (Å²) in [6.07, 6.45) is 13.5. The van der Waals surface area contributed by atoms with Gasteiger partial charge in [-0.2, -0.15) is 0 Å². The number of fused-ring (bicyclic) bond motifs is 1. The van der Waals surface area contributed by atoms with E-state index in [-0.39, 0.29) is 23.9 Å². The Labute approximate surface area is 214 Å². The first-order valence-electron chi connectivity index (χ1n) is 13.7. The van der Waals surface area contributed by atoms with Crippen molar-refractivity contribution in [3.8, 4) is 5.75 Å². The lowest BCUT2D eigenvalue weighted by Crippen LogP contribution is -2.52. The molecule has 2 aromatic rings. The normalized spacial score (nSPS) is 22.5. The summed E-state index contributed by atoms with van der Waals surface area (Å²) in [6.45, 7) is 0.635. The van der Waals surface area contributed by atoms with Crippen molar-refractivity contribution < 1.29 is 14.3 Å². The maximum atomic E-state index is 14.0.